The zero-order valence-corrected chi connectivity index (χ0v) is 54.3. The van der Waals surface area contributed by atoms with Crippen molar-refractivity contribution in [1.82, 2.24) is 4.90 Å². The minimum absolute atomic E-state index is 0.116. The lowest BCUT2D eigenvalue weighted by Crippen LogP contribution is -2.28. The molecule has 0 aromatic carbocycles. The van der Waals surface area contributed by atoms with Gasteiger partial charge in [-0.25, -0.2) is 8.78 Å². The Kier molecular flexibility index (Phi) is 36.0. The van der Waals surface area contributed by atoms with Crippen LogP contribution in [0.5, 0.6) is 0 Å². The van der Waals surface area contributed by atoms with Crippen LogP contribution in [0.25, 0.3) is 0 Å². The maximum atomic E-state index is 11.9. The highest BCUT2D eigenvalue weighted by Crippen LogP contribution is 2.58. The number of halogens is 10. The average molecular weight is 1190 g/mol. The lowest BCUT2D eigenvalue weighted by atomic mass is 9.82. The van der Waals surface area contributed by atoms with Crippen LogP contribution in [0.4, 0.5) is 35.1 Å². The Labute approximate surface area is 486 Å². The van der Waals surface area contributed by atoms with Crippen LogP contribution in [0.1, 0.15) is 212 Å². The van der Waals surface area contributed by atoms with E-state index in [-0.39, 0.29) is 22.1 Å². The van der Waals surface area contributed by atoms with Crippen LogP contribution < -0.4 is 0 Å². The van der Waals surface area contributed by atoms with Gasteiger partial charge in [-0.15, -0.1) is 23.2 Å². The Morgan fingerprint density at radius 2 is 0.821 bits per heavy atom. The molecule has 10 aliphatic rings. The SMILES string of the molecule is CC1(C(F)(F)F)CC1.CC1C(C)C1(Cl)Cl.CC1C(C)C1(F)F.CC1CC1C(F)(F)F.CC1CCCCC1C.CN1CCSCC1.COC1CC(C)C1.COC1CCC(C)C1.COC1CCC(C)CC1.COC1CCCC(C)C1. The van der Waals surface area contributed by atoms with E-state index in [1.165, 1.54) is 141 Å². The number of thioether (sulfide) groups is 1. The predicted molar refractivity (Wildman–Crippen MR) is 314 cm³/mol. The van der Waals surface area contributed by atoms with Gasteiger partial charge in [0.25, 0.3) is 5.92 Å². The second kappa shape index (κ2) is 36.9. The van der Waals surface area contributed by atoms with Gasteiger partial charge in [0.2, 0.25) is 0 Å². The van der Waals surface area contributed by atoms with Crippen molar-refractivity contribution >= 4 is 35.0 Å². The average Bonchev–Trinajstić information content (AvgIpc) is 4.36. The highest BCUT2D eigenvalue weighted by atomic mass is 35.5. The number of methoxy groups -OCH3 is 4. The van der Waals surface area contributed by atoms with Crippen molar-refractivity contribution in [2.24, 2.45) is 76.4 Å². The molecule has 1 aliphatic heterocycles. The first-order chi connectivity index (χ1) is 36.1. The second-order valence-electron chi connectivity index (χ2n) is 26.0. The Morgan fingerprint density at radius 3 is 1.01 bits per heavy atom. The number of alkyl halides is 10. The summed E-state index contributed by atoms with van der Waals surface area (Å²) in [5, 5.41) is 0. The van der Waals surface area contributed by atoms with Gasteiger partial charge in [-0.3, -0.25) is 0 Å². The molecule has 12 unspecified atom stereocenters. The van der Waals surface area contributed by atoms with Gasteiger partial charge in [-0.1, -0.05) is 122 Å². The number of nitrogens with zero attached hydrogens (tertiary/aromatic N) is 1. The summed E-state index contributed by atoms with van der Waals surface area (Å²) in [6, 6.07) is 0. The topological polar surface area (TPSA) is 40.2 Å². The van der Waals surface area contributed by atoms with E-state index < -0.39 is 29.6 Å². The fraction of sp³-hybridized carbons (Fsp3) is 1.00. The zero-order valence-electron chi connectivity index (χ0n) is 52.0. The Morgan fingerprint density at radius 1 is 0.462 bits per heavy atom. The van der Waals surface area contributed by atoms with Crippen LogP contribution >= 0.6 is 35.0 Å². The second-order valence-corrected chi connectivity index (χ2v) is 28.7. The van der Waals surface area contributed by atoms with E-state index >= 15 is 0 Å². The fourth-order valence-corrected chi connectivity index (χ4v) is 11.9. The van der Waals surface area contributed by atoms with Crippen LogP contribution in [-0.4, -0.2) is 112 Å². The van der Waals surface area contributed by atoms with Crippen LogP contribution in [0, 0.1) is 76.4 Å². The molecule has 12 atom stereocenters. The highest BCUT2D eigenvalue weighted by Gasteiger charge is 2.62. The molecule has 16 heteroatoms. The van der Waals surface area contributed by atoms with E-state index in [0.29, 0.717) is 55.5 Å². The summed E-state index contributed by atoms with van der Waals surface area (Å²) in [4.78, 5) is 2.37. The minimum atomic E-state index is -3.95. The quantitative estimate of drug-likeness (QED) is 0.206. The minimum Gasteiger partial charge on any atom is -0.381 e. The largest absolute Gasteiger partial charge is 0.394 e. The van der Waals surface area contributed by atoms with Gasteiger partial charge >= 0.3 is 12.4 Å². The van der Waals surface area contributed by atoms with Gasteiger partial charge < -0.3 is 23.8 Å². The molecule has 0 aromatic rings. The summed E-state index contributed by atoms with van der Waals surface area (Å²) in [6.45, 7) is 26.7. The molecule has 78 heavy (non-hydrogen) atoms. The van der Waals surface area contributed by atoms with Crippen molar-refractivity contribution in [3.8, 4) is 0 Å². The first-order valence-electron chi connectivity index (χ1n) is 30.4. The van der Waals surface area contributed by atoms with Gasteiger partial charge in [-0.2, -0.15) is 38.1 Å². The van der Waals surface area contributed by atoms with E-state index in [9.17, 15) is 35.1 Å². The Bertz CT molecular complexity index is 1470. The Hall–Kier alpha value is 0.170. The maximum Gasteiger partial charge on any atom is 0.394 e. The first-order valence-corrected chi connectivity index (χ1v) is 32.3. The van der Waals surface area contributed by atoms with Crippen molar-refractivity contribution in [1.29, 1.82) is 0 Å². The molecular weight excluding hydrogens is 1080 g/mol. The number of ether oxygens (including phenoxy) is 4. The predicted octanol–water partition coefficient (Wildman–Crippen LogP) is 20.1. The summed E-state index contributed by atoms with van der Waals surface area (Å²) in [5.74, 6) is 5.15. The molecule has 0 bridgehead atoms. The number of hydrogen-bond donors (Lipinski definition) is 0. The van der Waals surface area contributed by atoms with Crippen LogP contribution in [0.2, 0.25) is 0 Å². The van der Waals surface area contributed by atoms with Crippen molar-refractivity contribution in [2.75, 3.05) is 60.1 Å². The molecule has 1 heterocycles. The molecule has 0 amide bonds. The first kappa shape index (κ1) is 76.2. The molecule has 10 rings (SSSR count). The molecule has 5 nitrogen and oxygen atoms in total. The van der Waals surface area contributed by atoms with Crippen molar-refractivity contribution < 1.29 is 54.1 Å². The van der Waals surface area contributed by atoms with Gasteiger partial charge in [-0.05, 0) is 150 Å². The normalized spacial score (nSPS) is 37.1. The lowest BCUT2D eigenvalue weighted by Gasteiger charge is -2.30. The number of rotatable bonds is 4. The fourth-order valence-electron chi connectivity index (χ4n) is 10.2. The maximum absolute atomic E-state index is 11.9. The summed E-state index contributed by atoms with van der Waals surface area (Å²) in [5.41, 5.74) is -1.31. The van der Waals surface area contributed by atoms with Crippen LogP contribution in [0.3, 0.4) is 0 Å². The molecule has 0 spiro atoms. The van der Waals surface area contributed by atoms with Crippen molar-refractivity contribution in [2.45, 2.75) is 259 Å². The zero-order chi connectivity index (χ0) is 59.8. The third-order valence-electron chi connectivity index (χ3n) is 18.9. The van der Waals surface area contributed by atoms with E-state index in [0.717, 1.165) is 35.5 Å². The molecule has 0 N–H and O–H groups in total. The standard InChI is InChI=1S/2C8H16O.C8H16.C7H14O.C6H12O.C5H8Cl2.2C5H7F3.C5H8F2.C5H11NS/c1-7-3-5-8(9-2)6-4-7;1-7-4-3-5-8(6-7)9-2;1-7-5-3-4-6-8(7)2;1-6-3-4-7(5-6)8-2;1-5-3-6(4-5)7-2;1-3-4(2)5(3,6)7;1-4(2-3-4)5(6,7)8;1-3-2-4(3)5(6,7)8;1-3-4(2)5(3,6)7;1-6-2-4-7-5-3-6/h2*7-8H,3-6H2,1-2H3;7-8H,3-6H2,1-2H3;6-7H,3-5H2,1-2H3;5-6H,3-4H2,1-2H3;3-4H,1-2H3;2-3H2,1H3;3-4H,2H2,1H3;3-4H,1-2H3;2-5H2,1H3. The lowest BCUT2D eigenvalue weighted by molar-refractivity contribution is -0.181. The highest BCUT2D eigenvalue weighted by molar-refractivity contribution is 7.99. The molecule has 1 saturated heterocycles. The molecule has 0 aromatic heterocycles. The van der Waals surface area contributed by atoms with E-state index in [1.54, 1.807) is 27.9 Å². The molecule has 10 fully saturated rings. The van der Waals surface area contributed by atoms with Crippen LogP contribution in [0.15, 0.2) is 0 Å². The number of hydrogen-bond acceptors (Lipinski definition) is 6. The van der Waals surface area contributed by atoms with Crippen LogP contribution in [-0.2, 0) is 18.9 Å². The summed E-state index contributed by atoms with van der Waals surface area (Å²) >= 11 is 13.5. The summed E-state index contributed by atoms with van der Waals surface area (Å²) in [7, 11) is 9.42. The monoisotopic (exact) mass is 1190 g/mol. The molecule has 0 radical (unpaired) electrons. The molecular formula is C62H115Cl2F8NO4S. The smallest absolute Gasteiger partial charge is 0.381 e. The van der Waals surface area contributed by atoms with E-state index in [2.05, 4.69) is 79.1 Å². The van der Waals surface area contributed by atoms with E-state index in [1.807, 2.05) is 21.3 Å². The third kappa shape index (κ3) is 30.8. The Balaban J connectivity index is 0.000000434. The van der Waals surface area contributed by atoms with Crippen molar-refractivity contribution in [3.05, 3.63) is 0 Å². The van der Waals surface area contributed by atoms with Gasteiger partial charge in [0, 0.05) is 64.9 Å². The molecule has 9 aliphatic carbocycles. The van der Waals surface area contributed by atoms with Gasteiger partial charge in [0.05, 0.1) is 35.7 Å². The van der Waals surface area contributed by atoms with Gasteiger partial charge in [0.1, 0.15) is 4.33 Å². The van der Waals surface area contributed by atoms with Gasteiger partial charge in [0.15, 0.2) is 0 Å². The molecule has 468 valence electrons. The summed E-state index contributed by atoms with van der Waals surface area (Å²) in [6.07, 6.45) is 18.3. The third-order valence-corrected chi connectivity index (χ3v) is 21.2. The molecule has 9 saturated carbocycles. The van der Waals surface area contributed by atoms with Crippen molar-refractivity contribution in [3.63, 3.8) is 0 Å². The van der Waals surface area contributed by atoms with E-state index in [4.69, 9.17) is 42.1 Å². The summed E-state index contributed by atoms with van der Waals surface area (Å²) < 4.78 is 114.